The van der Waals surface area contributed by atoms with E-state index in [9.17, 15) is 19.8 Å². The number of nitrogens with zero attached hydrogens (tertiary/aromatic N) is 4. The number of rotatable bonds is 6. The standard InChI is InChI=1S/C14H18N6O7/c15-12-9-13(17-4-16-12)20(5-18-9)14-10(24)11(6(3-21)26-14)27-8(23)2-1-7(22)19-25/h4-6,10-11,14,21,24-25H,1-3H2,(H,19,22)(H2,15,16,17)/t6-,10-,11?,14-/m1/s1. The van der Waals surface area contributed by atoms with Crippen LogP contribution in [0.3, 0.4) is 0 Å². The van der Waals surface area contributed by atoms with Gasteiger partial charge >= 0.3 is 5.97 Å². The summed E-state index contributed by atoms with van der Waals surface area (Å²) in [4.78, 5) is 34.8. The molecule has 0 aromatic carbocycles. The van der Waals surface area contributed by atoms with Gasteiger partial charge in [-0.2, -0.15) is 0 Å². The highest BCUT2D eigenvalue weighted by Crippen LogP contribution is 2.33. The Balaban J connectivity index is 1.76. The van der Waals surface area contributed by atoms with Crippen molar-refractivity contribution in [2.24, 2.45) is 0 Å². The van der Waals surface area contributed by atoms with E-state index >= 15 is 0 Å². The molecule has 2 aromatic rings. The molecule has 1 aliphatic heterocycles. The molecule has 146 valence electrons. The van der Waals surface area contributed by atoms with Gasteiger partial charge in [-0.15, -0.1) is 0 Å². The number of esters is 1. The summed E-state index contributed by atoms with van der Waals surface area (Å²) >= 11 is 0. The van der Waals surface area contributed by atoms with Crippen LogP contribution in [0.1, 0.15) is 19.1 Å². The molecule has 13 nitrogen and oxygen atoms in total. The summed E-state index contributed by atoms with van der Waals surface area (Å²) in [5.74, 6) is -1.41. The second kappa shape index (κ2) is 7.79. The fourth-order valence-corrected chi connectivity index (χ4v) is 2.78. The normalized spacial score (nSPS) is 24.9. The summed E-state index contributed by atoms with van der Waals surface area (Å²) in [6.07, 6.45) is -2.62. The number of fused-ring (bicyclic) bond motifs is 1. The number of amides is 1. The highest BCUT2D eigenvalue weighted by atomic mass is 16.6. The lowest BCUT2D eigenvalue weighted by Crippen LogP contribution is -2.38. The number of carbonyl (C=O) groups is 2. The zero-order valence-corrected chi connectivity index (χ0v) is 13.9. The Morgan fingerprint density at radius 1 is 1.33 bits per heavy atom. The molecule has 0 spiro atoms. The first kappa shape index (κ1) is 18.9. The lowest BCUT2D eigenvalue weighted by atomic mass is 10.1. The Morgan fingerprint density at radius 3 is 2.81 bits per heavy atom. The van der Waals surface area contributed by atoms with E-state index in [1.807, 2.05) is 0 Å². The Kier molecular flexibility index (Phi) is 5.46. The molecule has 2 aromatic heterocycles. The molecule has 1 aliphatic rings. The van der Waals surface area contributed by atoms with Crippen molar-refractivity contribution < 1.29 is 34.5 Å². The van der Waals surface area contributed by atoms with Gasteiger partial charge in [-0.25, -0.2) is 20.4 Å². The number of nitrogen functional groups attached to an aromatic ring is 1. The van der Waals surface area contributed by atoms with Crippen molar-refractivity contribution in [2.45, 2.75) is 37.4 Å². The number of ether oxygens (including phenoxy) is 2. The summed E-state index contributed by atoms with van der Waals surface area (Å²) in [5.41, 5.74) is 7.74. The second-order valence-electron chi connectivity index (χ2n) is 5.81. The van der Waals surface area contributed by atoms with E-state index in [1.54, 1.807) is 0 Å². The zero-order chi connectivity index (χ0) is 19.6. The van der Waals surface area contributed by atoms with E-state index in [-0.39, 0.29) is 18.7 Å². The summed E-state index contributed by atoms with van der Waals surface area (Å²) in [6.45, 7) is -0.521. The van der Waals surface area contributed by atoms with E-state index in [0.29, 0.717) is 11.2 Å². The molecule has 6 N–H and O–H groups in total. The first-order valence-electron chi connectivity index (χ1n) is 7.96. The number of hydroxylamine groups is 1. The lowest BCUT2D eigenvalue weighted by Gasteiger charge is -2.19. The number of nitrogens with two attached hydrogens (primary N) is 1. The Morgan fingerprint density at radius 2 is 2.11 bits per heavy atom. The molecule has 27 heavy (non-hydrogen) atoms. The Hall–Kier alpha value is -2.87. The van der Waals surface area contributed by atoms with Gasteiger partial charge in [0.05, 0.1) is 19.4 Å². The number of aromatic nitrogens is 4. The van der Waals surface area contributed by atoms with Crippen molar-refractivity contribution in [1.29, 1.82) is 0 Å². The molecule has 1 fully saturated rings. The van der Waals surface area contributed by atoms with Crippen molar-refractivity contribution in [3.05, 3.63) is 12.7 Å². The molecule has 13 heteroatoms. The molecule has 1 amide bonds. The van der Waals surface area contributed by atoms with E-state index in [4.69, 9.17) is 20.4 Å². The third kappa shape index (κ3) is 3.66. The van der Waals surface area contributed by atoms with Gasteiger partial charge in [-0.1, -0.05) is 0 Å². The van der Waals surface area contributed by atoms with E-state index < -0.39 is 43.0 Å². The van der Waals surface area contributed by atoms with Crippen molar-refractivity contribution in [3.8, 4) is 0 Å². The van der Waals surface area contributed by atoms with Gasteiger partial charge in [0.1, 0.15) is 24.1 Å². The maximum Gasteiger partial charge on any atom is 0.306 e. The molecule has 4 atom stereocenters. The van der Waals surface area contributed by atoms with Gasteiger partial charge in [0.15, 0.2) is 23.8 Å². The van der Waals surface area contributed by atoms with Crippen LogP contribution in [0.5, 0.6) is 0 Å². The molecule has 0 bridgehead atoms. The molecule has 3 heterocycles. The average Bonchev–Trinajstić information content (AvgIpc) is 3.22. The minimum Gasteiger partial charge on any atom is -0.457 e. The van der Waals surface area contributed by atoms with Crippen LogP contribution >= 0.6 is 0 Å². The Labute approximate surface area is 151 Å². The van der Waals surface area contributed by atoms with Crippen molar-refractivity contribution in [1.82, 2.24) is 25.0 Å². The van der Waals surface area contributed by atoms with Gasteiger partial charge in [-0.3, -0.25) is 19.4 Å². The maximum atomic E-state index is 11.9. The fourth-order valence-electron chi connectivity index (χ4n) is 2.78. The molecule has 3 rings (SSSR count). The second-order valence-corrected chi connectivity index (χ2v) is 5.81. The smallest absolute Gasteiger partial charge is 0.306 e. The van der Waals surface area contributed by atoms with Gasteiger partial charge in [0.25, 0.3) is 0 Å². The molecule has 0 radical (unpaired) electrons. The predicted molar refractivity (Wildman–Crippen MR) is 85.8 cm³/mol. The highest BCUT2D eigenvalue weighted by Gasteiger charge is 2.47. The number of imidazole rings is 1. The monoisotopic (exact) mass is 382 g/mol. The van der Waals surface area contributed by atoms with E-state index in [2.05, 4.69) is 15.0 Å². The Bertz CT molecular complexity index is 842. The van der Waals surface area contributed by atoms with E-state index in [1.165, 1.54) is 22.7 Å². The quantitative estimate of drug-likeness (QED) is 0.208. The summed E-state index contributed by atoms with van der Waals surface area (Å²) in [7, 11) is 0. The van der Waals surface area contributed by atoms with Crippen LogP contribution in [0.4, 0.5) is 5.82 Å². The van der Waals surface area contributed by atoms with Crippen LogP contribution < -0.4 is 11.2 Å². The van der Waals surface area contributed by atoms with Crippen LogP contribution in [0.15, 0.2) is 12.7 Å². The molecule has 0 aliphatic carbocycles. The van der Waals surface area contributed by atoms with Crippen molar-refractivity contribution in [2.75, 3.05) is 12.3 Å². The summed E-state index contributed by atoms with van der Waals surface area (Å²) < 4.78 is 12.2. The lowest BCUT2D eigenvalue weighted by molar-refractivity contribution is -0.157. The predicted octanol–water partition coefficient (Wildman–Crippen LogP) is -2.14. The number of aliphatic hydroxyl groups is 2. The first-order chi connectivity index (χ1) is 13.0. The number of nitrogens with one attached hydrogen (secondary N) is 1. The maximum absolute atomic E-state index is 11.9. The largest absolute Gasteiger partial charge is 0.457 e. The third-order valence-electron chi connectivity index (χ3n) is 4.10. The molecule has 1 unspecified atom stereocenters. The average molecular weight is 382 g/mol. The third-order valence-corrected chi connectivity index (χ3v) is 4.10. The number of carbonyl (C=O) groups excluding carboxylic acids is 2. The minimum atomic E-state index is -1.34. The minimum absolute atomic E-state index is 0.148. The number of anilines is 1. The SMILES string of the molecule is Nc1ncnc2c1ncn2[C@@H]1O[C@H](CO)C(OC(=O)CCC(=O)NO)[C@H]1O. The highest BCUT2D eigenvalue weighted by molar-refractivity contribution is 5.81. The van der Waals surface area contributed by atoms with Crippen molar-refractivity contribution in [3.63, 3.8) is 0 Å². The van der Waals surface area contributed by atoms with E-state index in [0.717, 1.165) is 0 Å². The zero-order valence-electron chi connectivity index (χ0n) is 13.9. The number of aliphatic hydroxyl groups excluding tert-OH is 2. The topological polar surface area (TPSA) is 195 Å². The van der Waals surface area contributed by atoms with Crippen molar-refractivity contribution >= 4 is 28.9 Å². The van der Waals surface area contributed by atoms with Gasteiger partial charge < -0.3 is 25.4 Å². The van der Waals surface area contributed by atoms with Crippen LogP contribution in [0.2, 0.25) is 0 Å². The molecule has 0 saturated carbocycles. The van der Waals surface area contributed by atoms with Gasteiger partial charge in [0.2, 0.25) is 5.91 Å². The summed E-state index contributed by atoms with van der Waals surface area (Å²) in [5, 5.41) is 28.5. The number of hydrogen-bond acceptors (Lipinski definition) is 11. The number of hydrogen-bond donors (Lipinski definition) is 5. The van der Waals surface area contributed by atoms with Crippen LogP contribution in [-0.4, -0.2) is 71.7 Å². The van der Waals surface area contributed by atoms with Crippen LogP contribution in [0.25, 0.3) is 11.2 Å². The first-order valence-corrected chi connectivity index (χ1v) is 7.96. The summed E-state index contributed by atoms with van der Waals surface area (Å²) in [6, 6.07) is 0. The fraction of sp³-hybridized carbons (Fsp3) is 0.500. The molecular formula is C14H18N6O7. The van der Waals surface area contributed by atoms with Gasteiger partial charge in [0, 0.05) is 6.42 Å². The van der Waals surface area contributed by atoms with Crippen LogP contribution in [0, 0.1) is 0 Å². The van der Waals surface area contributed by atoms with Crippen LogP contribution in [-0.2, 0) is 19.1 Å². The molecular weight excluding hydrogens is 364 g/mol. The molecule has 1 saturated heterocycles. The van der Waals surface area contributed by atoms with Gasteiger partial charge in [-0.05, 0) is 0 Å².